The van der Waals surface area contributed by atoms with Crippen LogP contribution in [0.1, 0.15) is 25.3 Å². The molecule has 18 heavy (non-hydrogen) atoms. The number of benzene rings is 1. The van der Waals surface area contributed by atoms with Crippen molar-refractivity contribution in [1.82, 2.24) is 5.32 Å². The van der Waals surface area contributed by atoms with Crippen LogP contribution in [0, 0.1) is 0 Å². The van der Waals surface area contributed by atoms with Crippen molar-refractivity contribution in [2.24, 2.45) is 0 Å². The Labute approximate surface area is 107 Å². The number of Topliss-reactive ketones (excluding diaryl/α,β-unsaturated/α-hetero) is 1. The van der Waals surface area contributed by atoms with E-state index in [9.17, 15) is 9.59 Å². The second-order valence-electron chi connectivity index (χ2n) is 4.25. The Kier molecular flexibility index (Phi) is 6.72. The Morgan fingerprint density at radius 2 is 2.11 bits per heavy atom. The molecule has 0 radical (unpaired) electrons. The van der Waals surface area contributed by atoms with E-state index in [-0.39, 0.29) is 0 Å². The van der Waals surface area contributed by atoms with Crippen molar-refractivity contribution >= 4 is 12.3 Å². The SMILES string of the molecule is CC1CCC(=O)CN1.O=COCc1ccccc1. The Morgan fingerprint density at radius 1 is 1.39 bits per heavy atom. The van der Waals surface area contributed by atoms with Gasteiger partial charge in [0.15, 0.2) is 0 Å². The van der Waals surface area contributed by atoms with Crippen molar-refractivity contribution in [3.05, 3.63) is 35.9 Å². The monoisotopic (exact) mass is 249 g/mol. The number of hydrogen-bond acceptors (Lipinski definition) is 4. The van der Waals surface area contributed by atoms with E-state index in [2.05, 4.69) is 17.0 Å². The Balaban J connectivity index is 0.000000184. The second-order valence-corrected chi connectivity index (χ2v) is 4.25. The Morgan fingerprint density at radius 3 is 2.61 bits per heavy atom. The first-order valence-electron chi connectivity index (χ1n) is 6.06. The van der Waals surface area contributed by atoms with Gasteiger partial charge in [-0.3, -0.25) is 9.59 Å². The van der Waals surface area contributed by atoms with Crippen LogP contribution in [0.2, 0.25) is 0 Å². The lowest BCUT2D eigenvalue weighted by molar-refractivity contribution is -0.129. The molecule has 0 saturated carbocycles. The molecule has 4 nitrogen and oxygen atoms in total. The van der Waals surface area contributed by atoms with Crippen LogP contribution in [0.3, 0.4) is 0 Å². The van der Waals surface area contributed by atoms with E-state index in [0.29, 0.717) is 31.4 Å². The van der Waals surface area contributed by atoms with E-state index in [0.717, 1.165) is 18.4 Å². The summed E-state index contributed by atoms with van der Waals surface area (Å²) in [6, 6.07) is 10.1. The third-order valence-corrected chi connectivity index (χ3v) is 2.66. The third kappa shape index (κ3) is 6.15. The summed E-state index contributed by atoms with van der Waals surface area (Å²) in [5.41, 5.74) is 1.01. The summed E-state index contributed by atoms with van der Waals surface area (Å²) in [4.78, 5) is 20.3. The van der Waals surface area contributed by atoms with Gasteiger partial charge >= 0.3 is 0 Å². The van der Waals surface area contributed by atoms with E-state index in [1.54, 1.807) is 0 Å². The van der Waals surface area contributed by atoms with Crippen molar-refractivity contribution in [3.8, 4) is 0 Å². The standard InChI is InChI=1S/C8H8O2.C6H11NO/c9-7-10-6-8-4-2-1-3-5-8;1-5-2-3-6(8)4-7-5/h1-5,7H,6H2;5,7H,2-4H2,1H3. The van der Waals surface area contributed by atoms with Gasteiger partial charge in [0, 0.05) is 12.5 Å². The van der Waals surface area contributed by atoms with Gasteiger partial charge in [-0.05, 0) is 18.9 Å². The second kappa shape index (κ2) is 8.42. The number of rotatable bonds is 3. The van der Waals surface area contributed by atoms with Crippen LogP contribution < -0.4 is 5.32 Å². The van der Waals surface area contributed by atoms with E-state index in [1.807, 2.05) is 30.3 Å². The summed E-state index contributed by atoms with van der Waals surface area (Å²) in [5.74, 6) is 0.350. The first kappa shape index (κ1) is 14.4. The molecular weight excluding hydrogens is 230 g/mol. The molecule has 4 heteroatoms. The van der Waals surface area contributed by atoms with Crippen LogP contribution in [0.25, 0.3) is 0 Å². The van der Waals surface area contributed by atoms with Crippen LogP contribution in [-0.2, 0) is 20.9 Å². The molecule has 1 aliphatic heterocycles. The highest BCUT2D eigenvalue weighted by Crippen LogP contribution is 2.01. The van der Waals surface area contributed by atoms with E-state index in [1.165, 1.54) is 0 Å². The van der Waals surface area contributed by atoms with Crippen molar-refractivity contribution < 1.29 is 14.3 Å². The quantitative estimate of drug-likeness (QED) is 0.828. The minimum Gasteiger partial charge on any atom is -0.463 e. The zero-order chi connectivity index (χ0) is 13.2. The fourth-order valence-electron chi connectivity index (χ4n) is 1.56. The van der Waals surface area contributed by atoms with Gasteiger partial charge in [-0.1, -0.05) is 30.3 Å². The summed E-state index contributed by atoms with van der Waals surface area (Å²) in [6.45, 7) is 3.50. The zero-order valence-electron chi connectivity index (χ0n) is 10.6. The molecule has 1 unspecified atom stereocenters. The highest BCUT2D eigenvalue weighted by atomic mass is 16.5. The Bertz CT molecular complexity index is 355. The molecule has 1 aliphatic rings. The molecule has 1 aromatic rings. The van der Waals surface area contributed by atoms with Crippen LogP contribution in [0.4, 0.5) is 0 Å². The fraction of sp³-hybridized carbons (Fsp3) is 0.429. The van der Waals surface area contributed by atoms with Gasteiger partial charge in [0.2, 0.25) is 0 Å². The molecule has 0 spiro atoms. The zero-order valence-corrected chi connectivity index (χ0v) is 10.6. The number of nitrogens with one attached hydrogen (secondary N) is 1. The highest BCUT2D eigenvalue weighted by molar-refractivity contribution is 5.81. The molecular formula is C14H19NO3. The number of ether oxygens (including phenoxy) is 1. The molecule has 1 aromatic carbocycles. The van der Waals surface area contributed by atoms with Gasteiger partial charge in [-0.15, -0.1) is 0 Å². The molecule has 1 atom stereocenters. The number of carbonyl (C=O) groups excluding carboxylic acids is 2. The maximum Gasteiger partial charge on any atom is 0.293 e. The van der Waals surface area contributed by atoms with E-state index < -0.39 is 0 Å². The first-order chi connectivity index (χ1) is 8.72. The summed E-state index contributed by atoms with van der Waals surface area (Å²) < 4.78 is 4.54. The molecule has 0 bridgehead atoms. The summed E-state index contributed by atoms with van der Waals surface area (Å²) >= 11 is 0. The van der Waals surface area contributed by atoms with Crippen molar-refractivity contribution in [2.45, 2.75) is 32.4 Å². The lowest BCUT2D eigenvalue weighted by atomic mass is 10.1. The van der Waals surface area contributed by atoms with Gasteiger partial charge in [-0.25, -0.2) is 0 Å². The van der Waals surface area contributed by atoms with Gasteiger partial charge in [0.05, 0.1) is 6.54 Å². The average molecular weight is 249 g/mol. The van der Waals surface area contributed by atoms with Gasteiger partial charge in [0.1, 0.15) is 12.4 Å². The summed E-state index contributed by atoms with van der Waals surface area (Å²) in [6.07, 6.45) is 1.78. The largest absolute Gasteiger partial charge is 0.463 e. The smallest absolute Gasteiger partial charge is 0.293 e. The van der Waals surface area contributed by atoms with Crippen molar-refractivity contribution in [2.75, 3.05) is 6.54 Å². The number of carbonyl (C=O) groups is 2. The van der Waals surface area contributed by atoms with Crippen LogP contribution in [0.15, 0.2) is 30.3 Å². The average Bonchev–Trinajstić information content (AvgIpc) is 2.42. The first-order valence-corrected chi connectivity index (χ1v) is 6.06. The molecule has 98 valence electrons. The lowest BCUT2D eigenvalue weighted by Crippen LogP contribution is -2.36. The molecule has 1 N–H and O–H groups in total. The minimum absolute atomic E-state index is 0.350. The number of piperidine rings is 1. The van der Waals surface area contributed by atoms with Crippen molar-refractivity contribution in [1.29, 1.82) is 0 Å². The molecule has 0 amide bonds. The number of hydrogen-bond donors (Lipinski definition) is 1. The maximum absolute atomic E-state index is 10.5. The van der Waals surface area contributed by atoms with Gasteiger partial charge in [-0.2, -0.15) is 0 Å². The van der Waals surface area contributed by atoms with Gasteiger partial charge in [0.25, 0.3) is 6.47 Å². The summed E-state index contributed by atoms with van der Waals surface area (Å²) in [5, 5.41) is 3.08. The van der Waals surface area contributed by atoms with Crippen molar-refractivity contribution in [3.63, 3.8) is 0 Å². The normalized spacial score (nSPS) is 18.5. The summed E-state index contributed by atoms with van der Waals surface area (Å²) in [7, 11) is 0. The van der Waals surface area contributed by atoms with Gasteiger partial charge < -0.3 is 10.1 Å². The van der Waals surface area contributed by atoms with Crippen LogP contribution >= 0.6 is 0 Å². The molecule has 1 saturated heterocycles. The maximum atomic E-state index is 10.5. The lowest BCUT2D eigenvalue weighted by Gasteiger charge is -2.17. The fourth-order valence-corrected chi connectivity index (χ4v) is 1.56. The Hall–Kier alpha value is -1.68. The predicted molar refractivity (Wildman–Crippen MR) is 69.0 cm³/mol. The molecule has 0 aromatic heterocycles. The van der Waals surface area contributed by atoms with E-state index in [4.69, 9.17) is 0 Å². The molecule has 1 heterocycles. The third-order valence-electron chi connectivity index (χ3n) is 2.66. The van der Waals surface area contributed by atoms with Crippen LogP contribution in [0.5, 0.6) is 0 Å². The predicted octanol–water partition coefficient (Wildman–Crippen LogP) is 1.69. The van der Waals surface area contributed by atoms with Crippen LogP contribution in [-0.4, -0.2) is 24.8 Å². The topological polar surface area (TPSA) is 55.4 Å². The molecule has 2 rings (SSSR count). The highest BCUT2D eigenvalue weighted by Gasteiger charge is 2.12. The number of ketones is 1. The van der Waals surface area contributed by atoms with E-state index >= 15 is 0 Å². The minimum atomic E-state index is 0.350. The molecule has 1 fully saturated rings. The molecule has 0 aliphatic carbocycles.